The molecule has 0 bridgehead atoms. The van der Waals surface area contributed by atoms with Crippen molar-refractivity contribution in [2.45, 2.75) is 35.3 Å². The molecule has 0 aliphatic carbocycles. The molecule has 126 valence electrons. The fourth-order valence-corrected chi connectivity index (χ4v) is 5.53. The molecular weight excluding hydrogens is 360 g/mol. The summed E-state index contributed by atoms with van der Waals surface area (Å²) < 4.78 is 29.6. The average molecular weight is 379 g/mol. The molecule has 0 saturated carbocycles. The number of aromatic nitrogens is 1. The van der Waals surface area contributed by atoms with Gasteiger partial charge in [0.15, 0.2) is 4.34 Å². The van der Waals surface area contributed by atoms with Gasteiger partial charge in [0.05, 0.1) is 20.8 Å². The summed E-state index contributed by atoms with van der Waals surface area (Å²) in [5.74, 6) is 0. The van der Waals surface area contributed by atoms with Crippen LogP contribution >= 0.6 is 23.1 Å². The third kappa shape index (κ3) is 3.91. The molecular formula is C17H18N2O2S3. The minimum absolute atomic E-state index is 0.258. The van der Waals surface area contributed by atoms with Gasteiger partial charge in [-0.05, 0) is 37.3 Å². The van der Waals surface area contributed by atoms with Gasteiger partial charge in [-0.15, -0.1) is 11.3 Å². The standard InChI is InChI=1S/C17H18N2O2S3/c1-11(2)22-17-18-15-9-6-13(10-16(15)23-17)19-24(20,21)14-7-4-12(3)5-8-14/h4-11,19H,1-3H3. The second-order valence-electron chi connectivity index (χ2n) is 5.75. The van der Waals surface area contributed by atoms with Crippen molar-refractivity contribution in [3.63, 3.8) is 0 Å². The van der Waals surface area contributed by atoms with E-state index in [1.165, 1.54) is 0 Å². The van der Waals surface area contributed by atoms with Gasteiger partial charge in [-0.3, -0.25) is 4.72 Å². The number of benzene rings is 2. The van der Waals surface area contributed by atoms with Gasteiger partial charge >= 0.3 is 0 Å². The van der Waals surface area contributed by atoms with E-state index in [4.69, 9.17) is 0 Å². The summed E-state index contributed by atoms with van der Waals surface area (Å²) in [7, 11) is -3.58. The van der Waals surface area contributed by atoms with E-state index in [0.717, 1.165) is 20.1 Å². The van der Waals surface area contributed by atoms with Crippen LogP contribution in [-0.4, -0.2) is 18.7 Å². The second-order valence-corrected chi connectivity index (χ2v) is 10.3. The minimum atomic E-state index is -3.58. The molecule has 1 aromatic heterocycles. The molecule has 0 unspecified atom stereocenters. The van der Waals surface area contributed by atoms with Gasteiger partial charge < -0.3 is 0 Å². The van der Waals surface area contributed by atoms with Gasteiger partial charge in [-0.2, -0.15) is 0 Å². The zero-order valence-electron chi connectivity index (χ0n) is 13.6. The number of thiazole rings is 1. The maximum Gasteiger partial charge on any atom is 0.261 e. The van der Waals surface area contributed by atoms with Gasteiger partial charge in [0.1, 0.15) is 0 Å². The molecule has 0 aliphatic heterocycles. The van der Waals surface area contributed by atoms with Gasteiger partial charge in [-0.1, -0.05) is 43.3 Å². The predicted molar refractivity (Wildman–Crippen MR) is 103 cm³/mol. The maximum absolute atomic E-state index is 12.5. The van der Waals surface area contributed by atoms with Gasteiger partial charge in [0.25, 0.3) is 10.0 Å². The monoisotopic (exact) mass is 378 g/mol. The third-order valence-electron chi connectivity index (χ3n) is 3.29. The summed E-state index contributed by atoms with van der Waals surface area (Å²) in [6.45, 7) is 6.17. The van der Waals surface area contributed by atoms with E-state index in [9.17, 15) is 8.42 Å². The molecule has 1 heterocycles. The van der Waals surface area contributed by atoms with E-state index in [-0.39, 0.29) is 4.90 Å². The van der Waals surface area contributed by atoms with Crippen LogP contribution in [0.3, 0.4) is 0 Å². The largest absolute Gasteiger partial charge is 0.280 e. The van der Waals surface area contributed by atoms with Gasteiger partial charge in [0, 0.05) is 5.25 Å². The molecule has 7 heteroatoms. The summed E-state index contributed by atoms with van der Waals surface area (Å²) in [6, 6.07) is 12.2. The molecule has 0 aliphatic rings. The van der Waals surface area contributed by atoms with Crippen LogP contribution in [0.25, 0.3) is 10.2 Å². The fourth-order valence-electron chi connectivity index (χ4n) is 2.15. The molecule has 0 fully saturated rings. The van der Waals surface area contributed by atoms with E-state index in [2.05, 4.69) is 23.6 Å². The Bertz CT molecular complexity index is 961. The van der Waals surface area contributed by atoms with E-state index in [1.54, 1.807) is 53.4 Å². The quantitative estimate of drug-likeness (QED) is 0.641. The zero-order valence-corrected chi connectivity index (χ0v) is 16.1. The highest BCUT2D eigenvalue weighted by molar-refractivity contribution is 8.01. The lowest BCUT2D eigenvalue weighted by atomic mass is 10.2. The second kappa shape index (κ2) is 6.74. The number of hydrogen-bond donors (Lipinski definition) is 1. The first-order valence-electron chi connectivity index (χ1n) is 7.50. The number of rotatable bonds is 5. The Hall–Kier alpha value is -1.57. The van der Waals surface area contributed by atoms with E-state index in [0.29, 0.717) is 10.9 Å². The Morgan fingerprint density at radius 3 is 2.50 bits per heavy atom. The lowest BCUT2D eigenvalue weighted by Crippen LogP contribution is -2.12. The molecule has 4 nitrogen and oxygen atoms in total. The third-order valence-corrected chi connectivity index (χ3v) is 6.80. The summed E-state index contributed by atoms with van der Waals surface area (Å²) in [4.78, 5) is 4.82. The molecule has 2 aromatic carbocycles. The van der Waals surface area contributed by atoms with Crippen LogP contribution < -0.4 is 4.72 Å². The van der Waals surface area contributed by atoms with Crippen LogP contribution in [0.2, 0.25) is 0 Å². The van der Waals surface area contributed by atoms with Crippen molar-refractivity contribution in [2.75, 3.05) is 4.72 Å². The molecule has 0 saturated heterocycles. The highest BCUT2D eigenvalue weighted by Crippen LogP contribution is 2.33. The number of nitrogens with zero attached hydrogens (tertiary/aromatic N) is 1. The molecule has 0 atom stereocenters. The summed E-state index contributed by atoms with van der Waals surface area (Å²) in [5.41, 5.74) is 2.46. The van der Waals surface area contributed by atoms with Crippen molar-refractivity contribution in [3.8, 4) is 0 Å². The van der Waals surface area contributed by atoms with Crippen LogP contribution in [0.15, 0.2) is 51.7 Å². The van der Waals surface area contributed by atoms with Crippen molar-refractivity contribution in [1.29, 1.82) is 0 Å². The van der Waals surface area contributed by atoms with E-state index < -0.39 is 10.0 Å². The lowest BCUT2D eigenvalue weighted by molar-refractivity contribution is 0.601. The Morgan fingerprint density at radius 2 is 1.83 bits per heavy atom. The van der Waals surface area contributed by atoms with Crippen LogP contribution in [0.4, 0.5) is 5.69 Å². The van der Waals surface area contributed by atoms with Crippen molar-refractivity contribution < 1.29 is 8.42 Å². The number of sulfonamides is 1. The zero-order chi connectivity index (χ0) is 17.3. The maximum atomic E-state index is 12.5. The Kier molecular flexibility index (Phi) is 4.85. The first-order valence-corrected chi connectivity index (χ1v) is 10.7. The van der Waals surface area contributed by atoms with Crippen LogP contribution in [0.5, 0.6) is 0 Å². The Balaban J connectivity index is 1.88. The van der Waals surface area contributed by atoms with Gasteiger partial charge in [-0.25, -0.2) is 13.4 Å². The number of thioether (sulfide) groups is 1. The molecule has 3 aromatic rings. The smallest absolute Gasteiger partial charge is 0.261 e. The molecule has 0 radical (unpaired) electrons. The number of aryl methyl sites for hydroxylation is 1. The van der Waals surface area contributed by atoms with Crippen molar-refractivity contribution >= 4 is 49.0 Å². The average Bonchev–Trinajstić information content (AvgIpc) is 2.87. The molecule has 24 heavy (non-hydrogen) atoms. The molecule has 0 spiro atoms. The number of hydrogen-bond acceptors (Lipinski definition) is 5. The summed E-state index contributed by atoms with van der Waals surface area (Å²) >= 11 is 3.29. The lowest BCUT2D eigenvalue weighted by Gasteiger charge is -2.08. The van der Waals surface area contributed by atoms with Gasteiger partial charge in [0.2, 0.25) is 0 Å². The van der Waals surface area contributed by atoms with Crippen LogP contribution in [0, 0.1) is 6.92 Å². The molecule has 1 N–H and O–H groups in total. The highest BCUT2D eigenvalue weighted by Gasteiger charge is 2.15. The number of nitrogens with one attached hydrogen (secondary N) is 1. The normalized spacial score (nSPS) is 12.0. The van der Waals surface area contributed by atoms with Crippen LogP contribution in [0.1, 0.15) is 19.4 Å². The number of fused-ring (bicyclic) bond motifs is 1. The Morgan fingerprint density at radius 1 is 1.12 bits per heavy atom. The SMILES string of the molecule is Cc1ccc(S(=O)(=O)Nc2ccc3nc(SC(C)C)sc3c2)cc1. The predicted octanol–water partition coefficient (Wildman–Crippen LogP) is 4.91. The highest BCUT2D eigenvalue weighted by atomic mass is 32.2. The summed E-state index contributed by atoms with van der Waals surface area (Å²) in [5, 5.41) is 0.463. The Labute approximate surface area is 150 Å². The van der Waals surface area contributed by atoms with E-state index >= 15 is 0 Å². The summed E-state index contributed by atoms with van der Waals surface area (Å²) in [6.07, 6.45) is 0. The number of anilines is 1. The fraction of sp³-hybridized carbons (Fsp3) is 0.235. The minimum Gasteiger partial charge on any atom is -0.280 e. The molecule has 3 rings (SSSR count). The van der Waals surface area contributed by atoms with Crippen LogP contribution in [-0.2, 0) is 10.0 Å². The van der Waals surface area contributed by atoms with Crippen molar-refractivity contribution in [1.82, 2.24) is 4.98 Å². The van der Waals surface area contributed by atoms with Crippen molar-refractivity contribution in [3.05, 3.63) is 48.0 Å². The topological polar surface area (TPSA) is 59.1 Å². The van der Waals surface area contributed by atoms with E-state index in [1.807, 2.05) is 19.1 Å². The van der Waals surface area contributed by atoms with Crippen molar-refractivity contribution in [2.24, 2.45) is 0 Å². The first kappa shape index (κ1) is 17.3. The first-order chi connectivity index (χ1) is 11.3. The molecule has 0 amide bonds.